The van der Waals surface area contributed by atoms with E-state index in [4.69, 9.17) is 15.2 Å². The molecule has 4 rings (SSSR count). The predicted molar refractivity (Wildman–Crippen MR) is 101 cm³/mol. The van der Waals surface area contributed by atoms with Crippen molar-refractivity contribution in [1.29, 1.82) is 0 Å². The van der Waals surface area contributed by atoms with Gasteiger partial charge in [0.25, 0.3) is 6.02 Å². The number of methoxy groups -OCH3 is 1. The zero-order valence-corrected chi connectivity index (χ0v) is 14.7. The van der Waals surface area contributed by atoms with E-state index in [2.05, 4.69) is 9.98 Å². The summed E-state index contributed by atoms with van der Waals surface area (Å²) in [5.74, 6) is 0.231. The van der Waals surface area contributed by atoms with Crippen LogP contribution in [0.15, 0.2) is 71.9 Å². The molecule has 0 bridgehead atoms. The molecule has 2 aromatic carbocycles. The van der Waals surface area contributed by atoms with Crippen molar-refractivity contribution in [2.45, 2.75) is 5.54 Å². The molecule has 0 spiro atoms. The molecule has 0 unspecified atom stereocenters. The van der Waals surface area contributed by atoms with Crippen LogP contribution < -0.4 is 10.5 Å². The van der Waals surface area contributed by atoms with Crippen LogP contribution in [0.4, 0.5) is 4.39 Å². The summed E-state index contributed by atoms with van der Waals surface area (Å²) in [7, 11) is 1.62. The highest BCUT2D eigenvalue weighted by atomic mass is 19.1. The molecule has 0 saturated heterocycles. The van der Waals surface area contributed by atoms with Crippen LogP contribution in [-0.2, 0) is 10.3 Å². The average Bonchev–Trinajstić information content (AvgIpc) is 3.11. The lowest BCUT2D eigenvalue weighted by Crippen LogP contribution is -2.27. The molecule has 0 aliphatic carbocycles. The molecule has 1 aliphatic rings. The molecule has 0 radical (unpaired) electrons. The van der Waals surface area contributed by atoms with Gasteiger partial charge in [0, 0.05) is 11.8 Å². The number of pyridine rings is 1. The Kier molecular flexibility index (Phi) is 4.24. The molecule has 1 atom stereocenters. The number of hydrogen-bond acceptors (Lipinski definition) is 5. The van der Waals surface area contributed by atoms with Crippen molar-refractivity contribution >= 4 is 6.02 Å². The topological polar surface area (TPSA) is 69.7 Å². The second kappa shape index (κ2) is 6.72. The number of aromatic nitrogens is 1. The lowest BCUT2D eigenvalue weighted by atomic mass is 9.83. The molecule has 27 heavy (non-hydrogen) atoms. The Bertz CT molecular complexity index is 1000. The van der Waals surface area contributed by atoms with E-state index in [-0.39, 0.29) is 12.6 Å². The maximum absolute atomic E-state index is 14.2. The molecule has 0 amide bonds. The number of rotatable bonds is 4. The summed E-state index contributed by atoms with van der Waals surface area (Å²) < 4.78 is 24.9. The molecule has 5 nitrogen and oxygen atoms in total. The van der Waals surface area contributed by atoms with Crippen LogP contribution in [0.2, 0.25) is 0 Å². The van der Waals surface area contributed by atoms with Crippen LogP contribution >= 0.6 is 0 Å². The van der Waals surface area contributed by atoms with Crippen molar-refractivity contribution in [1.82, 2.24) is 4.98 Å². The van der Waals surface area contributed by atoms with Crippen LogP contribution in [0.25, 0.3) is 11.1 Å². The first-order valence-electron chi connectivity index (χ1n) is 8.46. The fourth-order valence-electron chi connectivity index (χ4n) is 3.31. The predicted octanol–water partition coefficient (Wildman–Crippen LogP) is 3.48. The standard InChI is InChI=1S/C21H18FN3O2/c1-26-17-9-7-15(8-10-17)21(13-27-20(23)25-21)16-5-2-4-14(12-16)18-6-3-11-24-19(18)22/h2-12H,13H2,1H3,(H2,23,25)/t21-/m1/s1. The summed E-state index contributed by atoms with van der Waals surface area (Å²) in [6.07, 6.45) is 1.43. The van der Waals surface area contributed by atoms with Crippen LogP contribution in [0.1, 0.15) is 11.1 Å². The number of halogens is 1. The van der Waals surface area contributed by atoms with Crippen molar-refractivity contribution in [2.75, 3.05) is 13.7 Å². The minimum absolute atomic E-state index is 0.128. The Morgan fingerprint density at radius 3 is 2.56 bits per heavy atom. The highest BCUT2D eigenvalue weighted by Gasteiger charge is 2.40. The SMILES string of the molecule is COc1ccc([C@@]2(c3cccc(-c4cccnc4F)c3)COC(N)=N2)cc1. The third-order valence-electron chi connectivity index (χ3n) is 4.71. The van der Waals surface area contributed by atoms with Gasteiger partial charge in [0.1, 0.15) is 12.4 Å². The fraction of sp³-hybridized carbons (Fsp3) is 0.143. The van der Waals surface area contributed by atoms with Gasteiger partial charge in [0.05, 0.1) is 7.11 Å². The van der Waals surface area contributed by atoms with E-state index in [1.165, 1.54) is 6.20 Å². The Balaban J connectivity index is 1.85. The third-order valence-corrected chi connectivity index (χ3v) is 4.71. The maximum Gasteiger partial charge on any atom is 0.283 e. The quantitative estimate of drug-likeness (QED) is 0.721. The number of nitrogens with two attached hydrogens (primary N) is 1. The van der Waals surface area contributed by atoms with E-state index in [1.54, 1.807) is 19.2 Å². The van der Waals surface area contributed by atoms with Crippen LogP contribution in [0, 0.1) is 5.95 Å². The van der Waals surface area contributed by atoms with Gasteiger partial charge in [0.15, 0.2) is 5.54 Å². The Morgan fingerprint density at radius 1 is 1.07 bits per heavy atom. The number of nitrogens with zero attached hydrogens (tertiary/aromatic N) is 2. The Labute approximate surface area is 156 Å². The van der Waals surface area contributed by atoms with E-state index < -0.39 is 11.5 Å². The van der Waals surface area contributed by atoms with Gasteiger partial charge in [-0.3, -0.25) is 0 Å². The summed E-state index contributed by atoms with van der Waals surface area (Å²) in [6.45, 7) is 0.268. The number of ether oxygens (including phenoxy) is 2. The minimum Gasteiger partial charge on any atom is -0.497 e. The fourth-order valence-corrected chi connectivity index (χ4v) is 3.31. The van der Waals surface area contributed by atoms with Crippen LogP contribution in [0.3, 0.4) is 0 Å². The van der Waals surface area contributed by atoms with Crippen molar-refractivity contribution in [3.63, 3.8) is 0 Å². The highest BCUT2D eigenvalue weighted by Crippen LogP contribution is 2.39. The van der Waals surface area contributed by atoms with E-state index in [1.807, 2.05) is 48.5 Å². The van der Waals surface area contributed by atoms with Gasteiger partial charge >= 0.3 is 0 Å². The second-order valence-electron chi connectivity index (χ2n) is 6.25. The van der Waals surface area contributed by atoms with Gasteiger partial charge in [-0.2, -0.15) is 4.39 Å². The Hall–Kier alpha value is -3.41. The van der Waals surface area contributed by atoms with Crippen molar-refractivity contribution < 1.29 is 13.9 Å². The van der Waals surface area contributed by atoms with E-state index in [0.717, 1.165) is 16.9 Å². The Morgan fingerprint density at radius 2 is 1.89 bits per heavy atom. The lowest BCUT2D eigenvalue weighted by Gasteiger charge is -2.26. The van der Waals surface area contributed by atoms with Crippen molar-refractivity contribution in [3.8, 4) is 16.9 Å². The molecule has 1 aliphatic heterocycles. The number of hydrogen-bond donors (Lipinski definition) is 1. The van der Waals surface area contributed by atoms with E-state index >= 15 is 0 Å². The summed E-state index contributed by atoms with van der Waals surface area (Å²) in [5.41, 5.74) is 7.96. The molecule has 136 valence electrons. The second-order valence-corrected chi connectivity index (χ2v) is 6.25. The van der Waals surface area contributed by atoms with E-state index in [9.17, 15) is 4.39 Å². The van der Waals surface area contributed by atoms with Gasteiger partial charge in [-0.25, -0.2) is 9.98 Å². The molecule has 0 saturated carbocycles. The maximum atomic E-state index is 14.2. The molecular weight excluding hydrogens is 345 g/mol. The van der Waals surface area contributed by atoms with Gasteiger partial charge in [-0.15, -0.1) is 0 Å². The smallest absolute Gasteiger partial charge is 0.283 e. The summed E-state index contributed by atoms with van der Waals surface area (Å²) in [6, 6.07) is 18.7. The lowest BCUT2D eigenvalue weighted by molar-refractivity contribution is 0.278. The normalized spacial score (nSPS) is 18.7. The zero-order valence-electron chi connectivity index (χ0n) is 14.7. The van der Waals surface area contributed by atoms with Gasteiger partial charge in [-0.1, -0.05) is 30.3 Å². The number of aliphatic imine (C=N–C) groups is 1. The molecule has 2 N–H and O–H groups in total. The largest absolute Gasteiger partial charge is 0.497 e. The molecular formula is C21H18FN3O2. The van der Waals surface area contributed by atoms with Crippen molar-refractivity contribution in [2.24, 2.45) is 10.7 Å². The van der Waals surface area contributed by atoms with Crippen LogP contribution in [0.5, 0.6) is 5.75 Å². The average molecular weight is 363 g/mol. The van der Waals surface area contributed by atoms with Crippen molar-refractivity contribution in [3.05, 3.63) is 83.9 Å². The highest BCUT2D eigenvalue weighted by molar-refractivity contribution is 5.75. The summed E-state index contributed by atoms with van der Waals surface area (Å²) >= 11 is 0. The number of benzene rings is 2. The molecule has 0 fully saturated rings. The third kappa shape index (κ3) is 2.99. The first-order valence-corrected chi connectivity index (χ1v) is 8.46. The van der Waals surface area contributed by atoms with Gasteiger partial charge in [0.2, 0.25) is 5.95 Å². The number of amidine groups is 1. The minimum atomic E-state index is -0.801. The van der Waals surface area contributed by atoms with E-state index in [0.29, 0.717) is 11.1 Å². The molecule has 3 aromatic rings. The zero-order chi connectivity index (χ0) is 18.9. The van der Waals surface area contributed by atoms with Gasteiger partial charge in [-0.05, 0) is 47.0 Å². The monoisotopic (exact) mass is 363 g/mol. The molecule has 1 aromatic heterocycles. The first-order chi connectivity index (χ1) is 13.1. The molecule has 2 heterocycles. The summed E-state index contributed by atoms with van der Waals surface area (Å²) in [4.78, 5) is 8.33. The first kappa shape index (κ1) is 17.0. The summed E-state index contributed by atoms with van der Waals surface area (Å²) in [5, 5.41) is 0. The van der Waals surface area contributed by atoms with Gasteiger partial charge < -0.3 is 15.2 Å². The van der Waals surface area contributed by atoms with Crippen LogP contribution in [-0.4, -0.2) is 24.7 Å². The molecule has 6 heteroatoms.